The van der Waals surface area contributed by atoms with Crippen molar-refractivity contribution in [2.45, 2.75) is 122 Å². The Morgan fingerprint density at radius 3 is 1.35 bits per heavy atom. The molecule has 0 aromatic heterocycles. The number of hydrogen-bond acceptors (Lipinski definition) is 6. The van der Waals surface area contributed by atoms with Gasteiger partial charge in [0.05, 0.1) is 0 Å². The van der Waals surface area contributed by atoms with Gasteiger partial charge in [0.2, 0.25) is 0 Å². The highest BCUT2D eigenvalue weighted by atomic mass is 16.6. The summed E-state index contributed by atoms with van der Waals surface area (Å²) in [5, 5.41) is 18.3. The van der Waals surface area contributed by atoms with Crippen LogP contribution >= 0.6 is 0 Å². The van der Waals surface area contributed by atoms with Gasteiger partial charge in [-0.05, 0) is 19.3 Å². The molecule has 2 N–H and O–H groups in total. The fourth-order valence-electron chi connectivity index (χ4n) is 3.23. The average Bonchev–Trinajstić information content (AvgIpc) is 2.74. The maximum atomic E-state index is 11.7. The van der Waals surface area contributed by atoms with Gasteiger partial charge in [0.1, 0.15) is 19.3 Å². The van der Waals surface area contributed by atoms with Gasteiger partial charge in [-0.25, -0.2) is 0 Å². The predicted octanol–water partition coefficient (Wildman–Crippen LogP) is 5.17. The third-order valence-corrected chi connectivity index (χ3v) is 5.13. The number of carboxylic acid groups (broad SMARTS) is 1. The maximum absolute atomic E-state index is 11.7. The lowest BCUT2D eigenvalue weighted by atomic mass is 10.1. The van der Waals surface area contributed by atoms with Crippen molar-refractivity contribution in [2.24, 2.45) is 0 Å². The molecule has 0 heterocycles. The van der Waals surface area contributed by atoms with E-state index < -0.39 is 12.1 Å². The topological polar surface area (TPSA) is 110 Å². The van der Waals surface area contributed by atoms with Crippen LogP contribution in [0.3, 0.4) is 0 Å². The molecule has 31 heavy (non-hydrogen) atoms. The van der Waals surface area contributed by atoms with Gasteiger partial charge in [-0.1, -0.05) is 77.6 Å². The van der Waals surface area contributed by atoms with Crippen LogP contribution < -0.4 is 0 Å². The SMILES string of the molecule is CCCCCCCCCCCC(=O)OCC(O)COC(=O)CCCCCCCC(=O)O. The molecule has 0 radical (unpaired) electrons. The Balaban J connectivity index is 3.48. The van der Waals surface area contributed by atoms with Crippen LogP contribution in [0.5, 0.6) is 0 Å². The predicted molar refractivity (Wildman–Crippen MR) is 120 cm³/mol. The van der Waals surface area contributed by atoms with E-state index in [1.165, 1.54) is 38.5 Å². The van der Waals surface area contributed by atoms with E-state index >= 15 is 0 Å². The molecule has 0 aliphatic heterocycles. The number of carbonyl (C=O) groups is 3. The first-order chi connectivity index (χ1) is 15.0. The minimum Gasteiger partial charge on any atom is -0.481 e. The zero-order valence-corrected chi connectivity index (χ0v) is 19.4. The molecule has 1 atom stereocenters. The molecule has 0 amide bonds. The Labute approximate surface area is 187 Å². The van der Waals surface area contributed by atoms with E-state index in [2.05, 4.69) is 6.92 Å². The van der Waals surface area contributed by atoms with Crippen LogP contribution in [-0.4, -0.2) is 47.4 Å². The van der Waals surface area contributed by atoms with Crippen molar-refractivity contribution < 1.29 is 34.1 Å². The van der Waals surface area contributed by atoms with E-state index in [-0.39, 0.29) is 38.0 Å². The lowest BCUT2D eigenvalue weighted by Gasteiger charge is -2.12. The van der Waals surface area contributed by atoms with Crippen LogP contribution in [0, 0.1) is 0 Å². The van der Waals surface area contributed by atoms with Gasteiger partial charge in [-0.3, -0.25) is 14.4 Å². The monoisotopic (exact) mass is 444 g/mol. The van der Waals surface area contributed by atoms with E-state index in [1.54, 1.807) is 0 Å². The molecule has 0 aliphatic carbocycles. The molecule has 7 heteroatoms. The normalized spacial score (nSPS) is 11.8. The fraction of sp³-hybridized carbons (Fsp3) is 0.875. The number of ether oxygens (including phenoxy) is 2. The van der Waals surface area contributed by atoms with Crippen molar-refractivity contribution in [3.8, 4) is 0 Å². The zero-order valence-electron chi connectivity index (χ0n) is 19.4. The summed E-state index contributed by atoms with van der Waals surface area (Å²) < 4.78 is 10.0. The van der Waals surface area contributed by atoms with Crippen molar-refractivity contribution in [2.75, 3.05) is 13.2 Å². The summed E-state index contributed by atoms with van der Waals surface area (Å²) in [6, 6.07) is 0. The van der Waals surface area contributed by atoms with E-state index in [9.17, 15) is 19.5 Å². The van der Waals surface area contributed by atoms with E-state index in [0.717, 1.165) is 38.5 Å². The van der Waals surface area contributed by atoms with Crippen LogP contribution in [0.25, 0.3) is 0 Å². The number of rotatable bonds is 22. The number of aliphatic hydroxyl groups is 1. The molecule has 0 saturated heterocycles. The molecule has 0 spiro atoms. The average molecular weight is 445 g/mol. The number of esters is 2. The van der Waals surface area contributed by atoms with Gasteiger partial charge in [0, 0.05) is 19.3 Å². The van der Waals surface area contributed by atoms with E-state index in [0.29, 0.717) is 19.3 Å². The number of aliphatic hydroxyl groups excluding tert-OH is 1. The van der Waals surface area contributed by atoms with E-state index in [1.807, 2.05) is 0 Å². The van der Waals surface area contributed by atoms with Crippen LogP contribution in [0.1, 0.15) is 116 Å². The summed E-state index contributed by atoms with van der Waals surface area (Å²) in [5.74, 6) is -1.49. The Bertz CT molecular complexity index is 465. The largest absolute Gasteiger partial charge is 0.481 e. The Hall–Kier alpha value is -1.63. The summed E-state index contributed by atoms with van der Waals surface area (Å²) in [6.07, 6.45) is 14.3. The molecular weight excluding hydrogens is 400 g/mol. The molecule has 0 fully saturated rings. The molecule has 0 aliphatic rings. The number of carbonyl (C=O) groups excluding carboxylic acids is 2. The summed E-state index contributed by atoms with van der Waals surface area (Å²) in [7, 11) is 0. The van der Waals surface area contributed by atoms with Crippen molar-refractivity contribution in [3.05, 3.63) is 0 Å². The lowest BCUT2D eigenvalue weighted by molar-refractivity contribution is -0.152. The quantitative estimate of drug-likeness (QED) is 0.175. The summed E-state index contributed by atoms with van der Waals surface area (Å²) in [5.41, 5.74) is 0. The molecule has 1 unspecified atom stereocenters. The van der Waals surface area contributed by atoms with Gasteiger partial charge in [0.15, 0.2) is 0 Å². The van der Waals surface area contributed by atoms with Gasteiger partial charge < -0.3 is 19.7 Å². The Morgan fingerprint density at radius 2 is 0.968 bits per heavy atom. The Kier molecular flexibility index (Phi) is 20.5. The number of aliphatic carboxylic acids is 1. The number of hydrogen-bond donors (Lipinski definition) is 2. The first kappa shape index (κ1) is 29.4. The highest BCUT2D eigenvalue weighted by Crippen LogP contribution is 2.11. The Morgan fingerprint density at radius 1 is 0.613 bits per heavy atom. The van der Waals surface area contributed by atoms with Gasteiger partial charge in [0.25, 0.3) is 0 Å². The van der Waals surface area contributed by atoms with Crippen molar-refractivity contribution in [1.29, 1.82) is 0 Å². The van der Waals surface area contributed by atoms with Crippen LogP contribution in [-0.2, 0) is 23.9 Å². The third-order valence-electron chi connectivity index (χ3n) is 5.13. The highest BCUT2D eigenvalue weighted by molar-refractivity contribution is 5.69. The lowest BCUT2D eigenvalue weighted by Crippen LogP contribution is -2.25. The standard InChI is InChI=1S/C24H44O7/c1-2-3-4-5-6-7-8-11-14-17-23(28)30-19-21(25)20-31-24(29)18-15-12-9-10-13-16-22(26)27/h21,25H,2-20H2,1H3,(H,26,27). The molecule has 7 nitrogen and oxygen atoms in total. The van der Waals surface area contributed by atoms with Crippen LogP contribution in [0.4, 0.5) is 0 Å². The smallest absolute Gasteiger partial charge is 0.305 e. The van der Waals surface area contributed by atoms with Gasteiger partial charge in [-0.15, -0.1) is 0 Å². The summed E-state index contributed by atoms with van der Waals surface area (Å²) >= 11 is 0. The van der Waals surface area contributed by atoms with Crippen LogP contribution in [0.2, 0.25) is 0 Å². The molecule has 0 rings (SSSR count). The van der Waals surface area contributed by atoms with E-state index in [4.69, 9.17) is 14.6 Å². The second-order valence-corrected chi connectivity index (χ2v) is 8.26. The molecule has 0 aromatic rings. The fourth-order valence-corrected chi connectivity index (χ4v) is 3.23. The van der Waals surface area contributed by atoms with Gasteiger partial charge in [-0.2, -0.15) is 0 Å². The number of unbranched alkanes of at least 4 members (excludes halogenated alkanes) is 12. The van der Waals surface area contributed by atoms with Crippen molar-refractivity contribution >= 4 is 17.9 Å². The van der Waals surface area contributed by atoms with Crippen molar-refractivity contribution in [3.63, 3.8) is 0 Å². The van der Waals surface area contributed by atoms with Gasteiger partial charge >= 0.3 is 17.9 Å². The first-order valence-electron chi connectivity index (χ1n) is 12.2. The number of carboxylic acids is 1. The second kappa shape index (κ2) is 21.6. The van der Waals surface area contributed by atoms with Crippen LogP contribution in [0.15, 0.2) is 0 Å². The molecule has 0 saturated carbocycles. The highest BCUT2D eigenvalue weighted by Gasteiger charge is 2.12. The maximum Gasteiger partial charge on any atom is 0.305 e. The molecular formula is C24H44O7. The minimum absolute atomic E-state index is 0.160. The summed E-state index contributed by atoms with van der Waals surface area (Å²) in [4.78, 5) is 33.7. The molecule has 0 aromatic carbocycles. The summed E-state index contributed by atoms with van der Waals surface area (Å²) in [6.45, 7) is 1.87. The first-order valence-corrected chi connectivity index (χ1v) is 12.2. The van der Waals surface area contributed by atoms with Crippen molar-refractivity contribution in [1.82, 2.24) is 0 Å². The zero-order chi connectivity index (χ0) is 23.2. The second-order valence-electron chi connectivity index (χ2n) is 8.26. The minimum atomic E-state index is -1.01. The third kappa shape index (κ3) is 22.9. The molecule has 182 valence electrons. The molecule has 0 bridgehead atoms.